The highest BCUT2D eigenvalue weighted by atomic mass is 32.2. The Morgan fingerprint density at radius 1 is 1.20 bits per heavy atom. The Morgan fingerprint density at radius 2 is 1.97 bits per heavy atom. The molecule has 0 bridgehead atoms. The average Bonchev–Trinajstić information content (AvgIpc) is 3.19. The van der Waals surface area contributed by atoms with Crippen LogP contribution >= 0.6 is 0 Å². The van der Waals surface area contributed by atoms with E-state index in [1.54, 1.807) is 0 Å². The lowest BCUT2D eigenvalue weighted by Crippen LogP contribution is -2.35. The van der Waals surface area contributed by atoms with Crippen molar-refractivity contribution in [2.75, 3.05) is 25.6 Å². The zero-order valence-electron chi connectivity index (χ0n) is 15.8. The largest absolute Gasteiger partial charge is 0.496 e. The molecule has 2 aromatic carbocycles. The summed E-state index contributed by atoms with van der Waals surface area (Å²) in [6.07, 6.45) is -4.04. The van der Waals surface area contributed by atoms with Crippen molar-refractivity contribution < 1.29 is 35.9 Å². The standard InChI is InChI=1S/C19H19F3N2O5S/c1-28-17-6-5-15(30(26,27)24-14-7-8-29-11-14)10-16(17)18(25)23-13-4-2-3-12(9-13)19(20,21)22/h2-6,9-10,14,24H,7-8,11H2,1H3,(H,23,25). The van der Waals surface area contributed by atoms with Gasteiger partial charge in [0, 0.05) is 18.3 Å². The maximum Gasteiger partial charge on any atom is 0.416 e. The lowest BCUT2D eigenvalue weighted by atomic mass is 10.1. The van der Waals surface area contributed by atoms with Crippen molar-refractivity contribution in [3.8, 4) is 5.75 Å². The van der Waals surface area contributed by atoms with E-state index in [9.17, 15) is 26.4 Å². The van der Waals surface area contributed by atoms with Gasteiger partial charge in [0.25, 0.3) is 5.91 Å². The molecule has 3 rings (SSSR count). The Bertz CT molecular complexity index is 1030. The molecule has 0 aliphatic carbocycles. The summed E-state index contributed by atoms with van der Waals surface area (Å²) in [6, 6.07) is 7.43. The summed E-state index contributed by atoms with van der Waals surface area (Å²) in [7, 11) is -2.65. The number of carbonyl (C=O) groups excluding carboxylic acids is 1. The second-order valence-corrected chi connectivity index (χ2v) is 8.29. The summed E-state index contributed by atoms with van der Waals surface area (Å²) < 4.78 is 76.6. The lowest BCUT2D eigenvalue weighted by molar-refractivity contribution is -0.137. The van der Waals surface area contributed by atoms with E-state index in [-0.39, 0.29) is 34.5 Å². The maximum absolute atomic E-state index is 12.9. The molecule has 2 N–H and O–H groups in total. The molecule has 0 spiro atoms. The number of rotatable bonds is 6. The molecule has 1 aliphatic heterocycles. The molecule has 1 heterocycles. The van der Waals surface area contributed by atoms with Gasteiger partial charge in [0.1, 0.15) is 5.75 Å². The molecule has 30 heavy (non-hydrogen) atoms. The third-order valence-electron chi connectivity index (χ3n) is 4.43. The minimum absolute atomic E-state index is 0.0719. The number of methoxy groups -OCH3 is 1. The second-order valence-electron chi connectivity index (χ2n) is 6.58. The van der Waals surface area contributed by atoms with Crippen LogP contribution in [0.3, 0.4) is 0 Å². The highest BCUT2D eigenvalue weighted by molar-refractivity contribution is 7.89. The molecule has 0 radical (unpaired) electrons. The summed E-state index contributed by atoms with van der Waals surface area (Å²) >= 11 is 0. The van der Waals surface area contributed by atoms with Gasteiger partial charge in [0.05, 0.1) is 29.7 Å². The van der Waals surface area contributed by atoms with Gasteiger partial charge in [0.15, 0.2) is 0 Å². The van der Waals surface area contributed by atoms with Crippen molar-refractivity contribution >= 4 is 21.6 Å². The van der Waals surface area contributed by atoms with E-state index in [1.807, 2.05) is 0 Å². The monoisotopic (exact) mass is 444 g/mol. The van der Waals surface area contributed by atoms with Crippen molar-refractivity contribution in [3.63, 3.8) is 0 Å². The topological polar surface area (TPSA) is 93.7 Å². The van der Waals surface area contributed by atoms with Crippen molar-refractivity contribution in [1.82, 2.24) is 4.72 Å². The molecule has 1 fully saturated rings. The van der Waals surface area contributed by atoms with Gasteiger partial charge in [-0.1, -0.05) is 6.07 Å². The molecular weight excluding hydrogens is 425 g/mol. The molecule has 0 aromatic heterocycles. The first-order chi connectivity index (χ1) is 14.1. The summed E-state index contributed by atoms with van der Waals surface area (Å²) in [5.74, 6) is -0.741. The van der Waals surface area contributed by atoms with Gasteiger partial charge in [-0.3, -0.25) is 4.79 Å². The first kappa shape index (κ1) is 22.1. The summed E-state index contributed by atoms with van der Waals surface area (Å²) in [4.78, 5) is 12.5. The number of hydrogen-bond donors (Lipinski definition) is 2. The number of ether oxygens (including phenoxy) is 2. The van der Waals surface area contributed by atoms with Gasteiger partial charge in [-0.15, -0.1) is 0 Å². The van der Waals surface area contributed by atoms with Crippen LogP contribution in [0.4, 0.5) is 18.9 Å². The van der Waals surface area contributed by atoms with E-state index >= 15 is 0 Å². The second kappa shape index (κ2) is 8.62. The number of hydrogen-bond acceptors (Lipinski definition) is 5. The SMILES string of the molecule is COc1ccc(S(=O)(=O)NC2CCOC2)cc1C(=O)Nc1cccc(C(F)(F)F)c1. The quantitative estimate of drug-likeness (QED) is 0.715. The summed E-state index contributed by atoms with van der Waals surface area (Å²) in [5.41, 5.74) is -1.15. The van der Waals surface area contributed by atoms with Crippen LogP contribution in [-0.2, 0) is 20.9 Å². The number of alkyl halides is 3. The first-order valence-electron chi connectivity index (χ1n) is 8.87. The van der Waals surface area contributed by atoms with Crippen LogP contribution in [0.25, 0.3) is 0 Å². The zero-order valence-corrected chi connectivity index (χ0v) is 16.6. The number of anilines is 1. The Balaban J connectivity index is 1.87. The van der Waals surface area contributed by atoms with Crippen LogP contribution in [0, 0.1) is 0 Å². The van der Waals surface area contributed by atoms with Gasteiger partial charge >= 0.3 is 6.18 Å². The Hall–Kier alpha value is -2.63. The normalized spacial score (nSPS) is 17.0. The molecule has 1 atom stereocenters. The minimum Gasteiger partial charge on any atom is -0.496 e. The van der Waals surface area contributed by atoms with Gasteiger partial charge in [-0.2, -0.15) is 13.2 Å². The minimum atomic E-state index is -4.57. The smallest absolute Gasteiger partial charge is 0.416 e. The number of benzene rings is 2. The predicted octanol–water partition coefficient (Wildman–Crippen LogP) is 3.03. The molecule has 162 valence electrons. The van der Waals surface area contributed by atoms with Crippen LogP contribution in [0.2, 0.25) is 0 Å². The van der Waals surface area contributed by atoms with Gasteiger partial charge in [-0.25, -0.2) is 13.1 Å². The maximum atomic E-state index is 12.9. The highest BCUT2D eigenvalue weighted by Crippen LogP contribution is 2.31. The lowest BCUT2D eigenvalue weighted by Gasteiger charge is -2.15. The number of nitrogens with one attached hydrogen (secondary N) is 2. The van der Waals surface area contributed by atoms with Crippen molar-refractivity contribution in [3.05, 3.63) is 53.6 Å². The fourth-order valence-electron chi connectivity index (χ4n) is 2.92. The van der Waals surface area contributed by atoms with E-state index in [1.165, 1.54) is 25.3 Å². The zero-order chi connectivity index (χ0) is 21.9. The van der Waals surface area contributed by atoms with Gasteiger partial charge in [-0.05, 0) is 42.8 Å². The number of sulfonamides is 1. The van der Waals surface area contributed by atoms with E-state index < -0.39 is 27.7 Å². The van der Waals surface area contributed by atoms with Crippen molar-refractivity contribution in [2.24, 2.45) is 0 Å². The van der Waals surface area contributed by atoms with E-state index in [0.717, 1.165) is 24.3 Å². The Kier molecular flexibility index (Phi) is 6.34. The van der Waals surface area contributed by atoms with Gasteiger partial charge < -0.3 is 14.8 Å². The molecule has 0 saturated carbocycles. The van der Waals surface area contributed by atoms with E-state index in [2.05, 4.69) is 10.0 Å². The van der Waals surface area contributed by atoms with Crippen molar-refractivity contribution in [2.45, 2.75) is 23.5 Å². The number of halogens is 3. The van der Waals surface area contributed by atoms with Crippen LogP contribution in [0.1, 0.15) is 22.3 Å². The Labute approximate surface area is 171 Å². The average molecular weight is 444 g/mol. The van der Waals surface area contributed by atoms with E-state index in [4.69, 9.17) is 9.47 Å². The third kappa shape index (κ3) is 5.10. The summed E-state index contributed by atoms with van der Waals surface area (Å²) in [6.45, 7) is 0.693. The summed E-state index contributed by atoms with van der Waals surface area (Å²) in [5, 5.41) is 2.34. The third-order valence-corrected chi connectivity index (χ3v) is 5.94. The van der Waals surface area contributed by atoms with Crippen molar-refractivity contribution in [1.29, 1.82) is 0 Å². The van der Waals surface area contributed by atoms with Gasteiger partial charge in [0.2, 0.25) is 10.0 Å². The van der Waals surface area contributed by atoms with E-state index in [0.29, 0.717) is 13.0 Å². The number of amides is 1. The van der Waals surface area contributed by atoms with Crippen LogP contribution in [0.5, 0.6) is 5.75 Å². The molecule has 11 heteroatoms. The predicted molar refractivity (Wildman–Crippen MR) is 102 cm³/mol. The Morgan fingerprint density at radius 3 is 2.60 bits per heavy atom. The molecule has 2 aromatic rings. The molecule has 1 saturated heterocycles. The number of carbonyl (C=O) groups is 1. The van der Waals surface area contributed by atoms with Crippen LogP contribution in [-0.4, -0.2) is 40.7 Å². The first-order valence-corrected chi connectivity index (χ1v) is 10.4. The molecule has 7 nitrogen and oxygen atoms in total. The molecular formula is C19H19F3N2O5S. The fourth-order valence-corrected chi connectivity index (χ4v) is 4.20. The fraction of sp³-hybridized carbons (Fsp3) is 0.316. The molecule has 1 amide bonds. The molecule has 1 aliphatic rings. The van der Waals surface area contributed by atoms with Crippen LogP contribution < -0.4 is 14.8 Å². The highest BCUT2D eigenvalue weighted by Gasteiger charge is 2.31. The van der Waals surface area contributed by atoms with Crippen LogP contribution in [0.15, 0.2) is 47.4 Å². The molecule has 1 unspecified atom stereocenters.